The van der Waals surface area contributed by atoms with E-state index in [1.807, 2.05) is 0 Å². The normalized spacial score (nSPS) is 16.1. The molecule has 8 nitrogen and oxygen atoms in total. The van der Waals surface area contributed by atoms with Gasteiger partial charge in [0.25, 0.3) is 5.69 Å². The Morgan fingerprint density at radius 1 is 1.14 bits per heavy atom. The molecule has 1 amide bonds. The maximum absolute atomic E-state index is 12.9. The van der Waals surface area contributed by atoms with Crippen molar-refractivity contribution in [3.63, 3.8) is 0 Å². The van der Waals surface area contributed by atoms with Crippen LogP contribution in [0.1, 0.15) is 16.8 Å². The SMILES string of the molecule is O=C(COC(=O)[C@@H]1CC(=O)N(c2ccc([N+](=O)[O-])cc2)C1)c1ccc(F)cc1. The average molecular weight is 386 g/mol. The van der Waals surface area contributed by atoms with Crippen LogP contribution in [0.3, 0.4) is 0 Å². The van der Waals surface area contributed by atoms with Gasteiger partial charge in [-0.15, -0.1) is 0 Å². The van der Waals surface area contributed by atoms with E-state index >= 15 is 0 Å². The van der Waals surface area contributed by atoms with Gasteiger partial charge in [-0.2, -0.15) is 0 Å². The van der Waals surface area contributed by atoms with Crippen LogP contribution in [0.25, 0.3) is 0 Å². The van der Waals surface area contributed by atoms with E-state index in [0.717, 1.165) is 12.1 Å². The standard InChI is InChI=1S/C19H15FN2O6/c20-14-3-1-12(2-4-14)17(23)11-28-19(25)13-9-18(24)21(10-13)15-5-7-16(8-6-15)22(26)27/h1-8,13H,9-11H2/t13-/m1/s1. The monoisotopic (exact) mass is 386 g/mol. The van der Waals surface area contributed by atoms with Crippen LogP contribution in [0, 0.1) is 21.8 Å². The molecule has 0 saturated carbocycles. The number of hydrogen-bond acceptors (Lipinski definition) is 6. The number of anilines is 1. The zero-order chi connectivity index (χ0) is 20.3. The Bertz CT molecular complexity index is 926. The van der Waals surface area contributed by atoms with Gasteiger partial charge in [0, 0.05) is 36.3 Å². The van der Waals surface area contributed by atoms with Crippen LogP contribution in [-0.4, -0.2) is 35.7 Å². The molecular weight excluding hydrogens is 371 g/mol. The Kier molecular flexibility index (Phi) is 5.44. The third-order valence-electron chi connectivity index (χ3n) is 4.34. The summed E-state index contributed by atoms with van der Waals surface area (Å²) in [5, 5.41) is 10.7. The summed E-state index contributed by atoms with van der Waals surface area (Å²) in [6.45, 7) is -0.451. The zero-order valence-electron chi connectivity index (χ0n) is 14.5. The number of halogens is 1. The van der Waals surface area contributed by atoms with Crippen LogP contribution in [0.2, 0.25) is 0 Å². The van der Waals surface area contributed by atoms with Crippen molar-refractivity contribution in [1.82, 2.24) is 0 Å². The van der Waals surface area contributed by atoms with Gasteiger partial charge in [-0.25, -0.2) is 4.39 Å². The third kappa shape index (κ3) is 4.20. The van der Waals surface area contributed by atoms with E-state index in [1.54, 1.807) is 0 Å². The number of carbonyl (C=O) groups excluding carboxylic acids is 3. The molecule has 1 aliphatic rings. The third-order valence-corrected chi connectivity index (χ3v) is 4.34. The van der Waals surface area contributed by atoms with E-state index in [4.69, 9.17) is 4.74 Å². The predicted octanol–water partition coefficient (Wildman–Crippen LogP) is 2.51. The molecule has 1 heterocycles. The summed E-state index contributed by atoms with van der Waals surface area (Å²) in [6, 6.07) is 10.3. The van der Waals surface area contributed by atoms with Crippen LogP contribution < -0.4 is 4.90 Å². The number of benzene rings is 2. The lowest BCUT2D eigenvalue weighted by molar-refractivity contribution is -0.384. The lowest BCUT2D eigenvalue weighted by Crippen LogP contribution is -2.27. The molecule has 0 N–H and O–H groups in total. The second kappa shape index (κ2) is 7.95. The Morgan fingerprint density at radius 2 is 1.79 bits per heavy atom. The Morgan fingerprint density at radius 3 is 2.39 bits per heavy atom. The fraction of sp³-hybridized carbons (Fsp3) is 0.211. The molecule has 0 unspecified atom stereocenters. The van der Waals surface area contributed by atoms with Crippen molar-refractivity contribution >= 4 is 29.0 Å². The second-order valence-corrected chi connectivity index (χ2v) is 6.22. The fourth-order valence-electron chi connectivity index (χ4n) is 2.84. The first-order valence-electron chi connectivity index (χ1n) is 8.35. The molecule has 1 saturated heterocycles. The molecule has 0 aliphatic carbocycles. The molecule has 1 fully saturated rings. The highest BCUT2D eigenvalue weighted by Gasteiger charge is 2.36. The molecular formula is C19H15FN2O6. The second-order valence-electron chi connectivity index (χ2n) is 6.22. The molecule has 28 heavy (non-hydrogen) atoms. The number of amides is 1. The number of hydrogen-bond donors (Lipinski definition) is 0. The van der Waals surface area contributed by atoms with Crippen molar-refractivity contribution in [3.8, 4) is 0 Å². The number of ketones is 1. The summed E-state index contributed by atoms with van der Waals surface area (Å²) in [6.07, 6.45) is -0.0828. The number of carbonyl (C=O) groups is 3. The maximum Gasteiger partial charge on any atom is 0.311 e. The first-order valence-corrected chi connectivity index (χ1v) is 8.35. The molecule has 0 spiro atoms. The summed E-state index contributed by atoms with van der Waals surface area (Å²) in [5.41, 5.74) is 0.545. The van der Waals surface area contributed by atoms with Crippen LogP contribution in [0.15, 0.2) is 48.5 Å². The maximum atomic E-state index is 12.9. The van der Waals surface area contributed by atoms with Crippen molar-refractivity contribution in [2.24, 2.45) is 5.92 Å². The highest BCUT2D eigenvalue weighted by Crippen LogP contribution is 2.27. The Hall–Kier alpha value is -3.62. The predicted molar refractivity (Wildman–Crippen MR) is 95.2 cm³/mol. The van der Waals surface area contributed by atoms with Crippen molar-refractivity contribution in [2.45, 2.75) is 6.42 Å². The van der Waals surface area contributed by atoms with Gasteiger partial charge in [-0.05, 0) is 36.4 Å². The first-order chi connectivity index (χ1) is 13.3. The number of non-ortho nitro benzene ring substituents is 1. The van der Waals surface area contributed by atoms with E-state index in [2.05, 4.69) is 0 Å². The first kappa shape index (κ1) is 19.2. The number of nitro benzene ring substituents is 1. The molecule has 2 aromatic rings. The van der Waals surface area contributed by atoms with E-state index in [1.165, 1.54) is 41.3 Å². The molecule has 1 atom stereocenters. The molecule has 1 aliphatic heterocycles. The number of rotatable bonds is 6. The summed E-state index contributed by atoms with van der Waals surface area (Å²) in [5.74, 6) is -2.72. The van der Waals surface area contributed by atoms with E-state index in [9.17, 15) is 28.9 Å². The molecule has 3 rings (SSSR count). The number of esters is 1. The summed E-state index contributed by atoms with van der Waals surface area (Å²) in [4.78, 5) is 47.9. The molecule has 144 valence electrons. The summed E-state index contributed by atoms with van der Waals surface area (Å²) >= 11 is 0. The topological polar surface area (TPSA) is 107 Å². The Balaban J connectivity index is 1.58. The van der Waals surface area contributed by atoms with Crippen molar-refractivity contribution in [3.05, 3.63) is 70.0 Å². The van der Waals surface area contributed by atoms with Crippen molar-refractivity contribution in [2.75, 3.05) is 18.1 Å². The smallest absolute Gasteiger partial charge is 0.311 e. The van der Waals surface area contributed by atoms with Gasteiger partial charge in [-0.3, -0.25) is 24.5 Å². The fourth-order valence-corrected chi connectivity index (χ4v) is 2.84. The quantitative estimate of drug-likeness (QED) is 0.327. The van der Waals surface area contributed by atoms with Crippen molar-refractivity contribution in [1.29, 1.82) is 0 Å². The molecule has 0 bridgehead atoms. The van der Waals surface area contributed by atoms with Gasteiger partial charge in [0.05, 0.1) is 10.8 Å². The number of Topliss-reactive ketones (excluding diaryl/α,β-unsaturated/α-hetero) is 1. The van der Waals surface area contributed by atoms with Crippen LogP contribution >= 0.6 is 0 Å². The summed E-state index contributed by atoms with van der Waals surface area (Å²) in [7, 11) is 0. The summed E-state index contributed by atoms with van der Waals surface area (Å²) < 4.78 is 17.9. The largest absolute Gasteiger partial charge is 0.457 e. The average Bonchev–Trinajstić information content (AvgIpc) is 3.08. The Labute approximate surface area is 158 Å². The highest BCUT2D eigenvalue weighted by atomic mass is 19.1. The molecule has 0 aromatic heterocycles. The molecule has 9 heteroatoms. The van der Waals surface area contributed by atoms with Gasteiger partial charge in [0.2, 0.25) is 5.91 Å². The molecule has 2 aromatic carbocycles. The minimum atomic E-state index is -0.747. The number of nitro groups is 1. The van der Waals surface area contributed by atoms with Crippen LogP contribution in [0.5, 0.6) is 0 Å². The van der Waals surface area contributed by atoms with Gasteiger partial charge in [-0.1, -0.05) is 0 Å². The highest BCUT2D eigenvalue weighted by molar-refractivity contribution is 6.01. The van der Waals surface area contributed by atoms with Gasteiger partial charge >= 0.3 is 5.97 Å². The minimum absolute atomic E-state index is 0.0558. The van der Waals surface area contributed by atoms with Gasteiger partial charge in [0.15, 0.2) is 12.4 Å². The van der Waals surface area contributed by atoms with Gasteiger partial charge < -0.3 is 9.64 Å². The van der Waals surface area contributed by atoms with Crippen molar-refractivity contribution < 1.29 is 28.4 Å². The number of ether oxygens (including phenoxy) is 1. The lowest BCUT2D eigenvalue weighted by atomic mass is 10.1. The lowest BCUT2D eigenvalue weighted by Gasteiger charge is -2.16. The minimum Gasteiger partial charge on any atom is -0.457 e. The molecule has 0 radical (unpaired) electrons. The van der Waals surface area contributed by atoms with E-state index in [-0.39, 0.29) is 30.1 Å². The number of nitrogens with zero attached hydrogens (tertiary/aromatic N) is 2. The van der Waals surface area contributed by atoms with Crippen LogP contribution in [0.4, 0.5) is 15.8 Å². The van der Waals surface area contributed by atoms with E-state index in [0.29, 0.717) is 5.69 Å². The zero-order valence-corrected chi connectivity index (χ0v) is 14.5. The van der Waals surface area contributed by atoms with Gasteiger partial charge in [0.1, 0.15) is 5.82 Å². The van der Waals surface area contributed by atoms with E-state index < -0.39 is 35.0 Å². The van der Waals surface area contributed by atoms with Crippen LogP contribution in [-0.2, 0) is 14.3 Å².